The molecule has 0 amide bonds. The second-order valence-corrected chi connectivity index (χ2v) is 6.87. The van der Waals surface area contributed by atoms with E-state index in [1.165, 1.54) is 0 Å². The van der Waals surface area contributed by atoms with Gasteiger partial charge >= 0.3 is 0 Å². The molecule has 0 fully saturated rings. The average molecular weight is 402 g/mol. The summed E-state index contributed by atoms with van der Waals surface area (Å²) >= 11 is 0. The molecule has 0 spiro atoms. The van der Waals surface area contributed by atoms with Crippen LogP contribution in [0.15, 0.2) is 73.1 Å². The number of halogens is 1. The summed E-state index contributed by atoms with van der Waals surface area (Å²) < 4.78 is 4.17. The van der Waals surface area contributed by atoms with Crippen LogP contribution in [0.5, 0.6) is 5.75 Å². The number of hydrogen-bond acceptors (Lipinski definition) is 4. The third-order valence-corrected chi connectivity index (χ3v) is 5.28. The predicted octanol–water partition coefficient (Wildman–Crippen LogP) is 4.44. The lowest BCUT2D eigenvalue weighted by Gasteiger charge is -2.12. The predicted molar refractivity (Wildman–Crippen MR) is 114 cm³/mol. The van der Waals surface area contributed by atoms with E-state index in [0.717, 1.165) is 34.8 Å². The van der Waals surface area contributed by atoms with Crippen LogP contribution in [0, 0.1) is 0 Å². The van der Waals surface area contributed by atoms with Crippen molar-refractivity contribution in [2.75, 3.05) is 0 Å². The normalized spacial score (nSPS) is 11.9. The SMILES string of the molecule is Cl.Oc1c(-c2nnc3n2-c2ccccc2Cn2cccc2-3)cnc2ccccc12. The van der Waals surface area contributed by atoms with Crippen molar-refractivity contribution >= 4 is 23.3 Å². The van der Waals surface area contributed by atoms with Gasteiger partial charge in [-0.15, -0.1) is 22.6 Å². The number of pyridine rings is 1. The van der Waals surface area contributed by atoms with E-state index in [-0.39, 0.29) is 18.2 Å². The van der Waals surface area contributed by atoms with Crippen LogP contribution < -0.4 is 0 Å². The van der Waals surface area contributed by atoms with Gasteiger partial charge in [-0.25, -0.2) is 0 Å². The molecule has 2 aromatic carbocycles. The van der Waals surface area contributed by atoms with Crippen LogP contribution in [0.25, 0.3) is 39.5 Å². The van der Waals surface area contributed by atoms with E-state index in [1.54, 1.807) is 6.20 Å². The zero-order chi connectivity index (χ0) is 18.7. The van der Waals surface area contributed by atoms with Gasteiger partial charge in [-0.1, -0.05) is 30.3 Å². The number of para-hydroxylation sites is 2. The first kappa shape index (κ1) is 17.5. The first-order chi connectivity index (χ1) is 13.8. The number of hydrogen-bond donors (Lipinski definition) is 1. The highest BCUT2D eigenvalue weighted by atomic mass is 35.5. The summed E-state index contributed by atoms with van der Waals surface area (Å²) in [4.78, 5) is 4.51. The summed E-state index contributed by atoms with van der Waals surface area (Å²) in [6, 6.07) is 19.8. The lowest BCUT2D eigenvalue weighted by molar-refractivity contribution is 0.482. The molecule has 1 aliphatic heterocycles. The van der Waals surface area contributed by atoms with Gasteiger partial charge in [0, 0.05) is 24.3 Å². The lowest BCUT2D eigenvalue weighted by Crippen LogP contribution is -2.02. The van der Waals surface area contributed by atoms with E-state index in [9.17, 15) is 5.11 Å². The maximum absolute atomic E-state index is 11.0. The van der Waals surface area contributed by atoms with Gasteiger partial charge in [0.25, 0.3) is 0 Å². The van der Waals surface area contributed by atoms with Gasteiger partial charge in [-0.2, -0.15) is 0 Å². The van der Waals surface area contributed by atoms with Crippen LogP contribution in [0.3, 0.4) is 0 Å². The van der Waals surface area contributed by atoms with E-state index in [4.69, 9.17) is 0 Å². The standard InChI is InChI=1S/C22H15N5O.ClH/c28-20-15-7-2-3-8-17(15)23-12-16(20)21-24-25-22-19-10-5-11-26(19)13-14-6-1-4-9-18(14)27(21)22;/h1-12H,13H2,(H,23,28);1H. The van der Waals surface area contributed by atoms with Crippen LogP contribution in [0.4, 0.5) is 0 Å². The highest BCUT2D eigenvalue weighted by Crippen LogP contribution is 2.38. The molecule has 0 bridgehead atoms. The zero-order valence-corrected chi connectivity index (χ0v) is 16.0. The van der Waals surface area contributed by atoms with Crippen LogP contribution in [0.2, 0.25) is 0 Å². The molecule has 3 aromatic heterocycles. The molecule has 0 radical (unpaired) electrons. The third kappa shape index (κ3) is 2.46. The molecule has 0 saturated carbocycles. The second kappa shape index (κ2) is 6.46. The van der Waals surface area contributed by atoms with Gasteiger partial charge in [0.1, 0.15) is 5.75 Å². The minimum absolute atomic E-state index is 0. The molecule has 0 aliphatic carbocycles. The molecule has 142 valence electrons. The molecule has 0 unspecified atom stereocenters. The highest BCUT2D eigenvalue weighted by Gasteiger charge is 2.26. The van der Waals surface area contributed by atoms with Gasteiger partial charge in [0.2, 0.25) is 0 Å². The van der Waals surface area contributed by atoms with E-state index >= 15 is 0 Å². The molecule has 6 nitrogen and oxygen atoms in total. The third-order valence-electron chi connectivity index (χ3n) is 5.28. The fourth-order valence-corrected chi connectivity index (χ4v) is 3.94. The summed E-state index contributed by atoms with van der Waals surface area (Å²) in [7, 11) is 0. The molecule has 6 rings (SSSR count). The molecule has 0 saturated heterocycles. The Hall–Kier alpha value is -3.64. The number of aromatic hydroxyl groups is 1. The molecule has 1 N–H and O–H groups in total. The van der Waals surface area contributed by atoms with Gasteiger partial charge in [-0.05, 0) is 35.9 Å². The first-order valence-electron chi connectivity index (χ1n) is 9.07. The van der Waals surface area contributed by atoms with Crippen LogP contribution >= 0.6 is 12.4 Å². The Bertz CT molecular complexity index is 1370. The summed E-state index contributed by atoms with van der Waals surface area (Å²) in [5, 5.41) is 20.6. The molecular weight excluding hydrogens is 386 g/mol. The Labute approximate surface area is 172 Å². The molecule has 7 heteroatoms. The zero-order valence-electron chi connectivity index (χ0n) is 15.2. The Balaban J connectivity index is 0.00000181. The first-order valence-corrected chi connectivity index (χ1v) is 9.07. The maximum atomic E-state index is 11.0. The van der Waals surface area contributed by atoms with Crippen molar-refractivity contribution in [2.24, 2.45) is 0 Å². The highest BCUT2D eigenvalue weighted by molar-refractivity contribution is 5.91. The maximum Gasteiger partial charge on any atom is 0.185 e. The number of fused-ring (bicyclic) bond motifs is 6. The van der Waals surface area contributed by atoms with Gasteiger partial charge < -0.3 is 9.67 Å². The van der Waals surface area contributed by atoms with Crippen molar-refractivity contribution in [1.29, 1.82) is 0 Å². The van der Waals surface area contributed by atoms with Crippen molar-refractivity contribution in [3.8, 4) is 34.3 Å². The van der Waals surface area contributed by atoms with E-state index in [2.05, 4.69) is 31.9 Å². The number of benzene rings is 2. The van der Waals surface area contributed by atoms with Crippen LogP contribution in [0.1, 0.15) is 5.56 Å². The molecular formula is C22H16ClN5O. The van der Waals surface area contributed by atoms with Crippen molar-refractivity contribution in [1.82, 2.24) is 24.3 Å². The molecule has 4 heterocycles. The number of rotatable bonds is 1. The summed E-state index contributed by atoms with van der Waals surface area (Å²) in [6.07, 6.45) is 3.71. The van der Waals surface area contributed by atoms with Gasteiger partial charge in [0.15, 0.2) is 11.6 Å². The fourth-order valence-electron chi connectivity index (χ4n) is 3.94. The Morgan fingerprint density at radius 3 is 2.59 bits per heavy atom. The lowest BCUT2D eigenvalue weighted by atomic mass is 10.1. The number of aromatic nitrogens is 5. The number of nitrogens with zero attached hydrogens (tertiary/aromatic N) is 5. The fraction of sp³-hybridized carbons (Fsp3) is 0.0455. The molecule has 29 heavy (non-hydrogen) atoms. The Morgan fingerprint density at radius 1 is 0.862 bits per heavy atom. The minimum atomic E-state index is 0. The van der Waals surface area contributed by atoms with E-state index in [1.807, 2.05) is 59.3 Å². The minimum Gasteiger partial charge on any atom is -0.506 e. The summed E-state index contributed by atoms with van der Waals surface area (Å²) in [5.41, 5.74) is 4.46. The second-order valence-electron chi connectivity index (χ2n) is 6.87. The van der Waals surface area contributed by atoms with Crippen LogP contribution in [-0.2, 0) is 6.54 Å². The molecule has 0 atom stereocenters. The smallest absolute Gasteiger partial charge is 0.185 e. The van der Waals surface area contributed by atoms with E-state index < -0.39 is 0 Å². The van der Waals surface area contributed by atoms with Crippen molar-refractivity contribution in [3.63, 3.8) is 0 Å². The molecule has 5 aromatic rings. The van der Waals surface area contributed by atoms with Crippen molar-refractivity contribution < 1.29 is 5.11 Å². The van der Waals surface area contributed by atoms with Crippen molar-refractivity contribution in [2.45, 2.75) is 6.54 Å². The van der Waals surface area contributed by atoms with Gasteiger partial charge in [-0.3, -0.25) is 9.55 Å². The molecule has 1 aliphatic rings. The summed E-state index contributed by atoms with van der Waals surface area (Å²) in [6.45, 7) is 0.753. The Kier molecular flexibility index (Phi) is 3.89. The van der Waals surface area contributed by atoms with Crippen LogP contribution in [-0.4, -0.2) is 29.4 Å². The average Bonchev–Trinajstić information content (AvgIpc) is 3.33. The Morgan fingerprint density at radius 2 is 1.66 bits per heavy atom. The topological polar surface area (TPSA) is 68.8 Å². The van der Waals surface area contributed by atoms with Crippen molar-refractivity contribution in [3.05, 3.63) is 78.6 Å². The van der Waals surface area contributed by atoms with E-state index in [0.29, 0.717) is 16.8 Å². The van der Waals surface area contributed by atoms with Gasteiger partial charge in [0.05, 0.1) is 22.5 Å². The quantitative estimate of drug-likeness (QED) is 0.442. The largest absolute Gasteiger partial charge is 0.506 e. The monoisotopic (exact) mass is 401 g/mol. The summed E-state index contributed by atoms with van der Waals surface area (Å²) in [5.74, 6) is 1.49.